The third-order valence-corrected chi connectivity index (χ3v) is 5.71. The summed E-state index contributed by atoms with van der Waals surface area (Å²) in [6, 6.07) is 13.5. The van der Waals surface area contributed by atoms with Crippen LogP contribution in [0.15, 0.2) is 59.6 Å². The second-order valence-corrected chi connectivity index (χ2v) is 8.06. The molecule has 3 rings (SSSR count). The average molecular weight is 419 g/mol. The van der Waals surface area contributed by atoms with Crippen molar-refractivity contribution in [3.63, 3.8) is 0 Å². The predicted molar refractivity (Wildman–Crippen MR) is 109 cm³/mol. The summed E-state index contributed by atoms with van der Waals surface area (Å²) < 4.78 is 29.1. The second-order valence-electron chi connectivity index (χ2n) is 6.00. The minimum atomic E-state index is -4.07. The summed E-state index contributed by atoms with van der Waals surface area (Å²) in [5, 5.41) is 3.45. The molecule has 0 saturated heterocycles. The van der Waals surface area contributed by atoms with Gasteiger partial charge < -0.3 is 9.88 Å². The first-order chi connectivity index (χ1) is 13.3. The number of sulfonamides is 1. The fourth-order valence-electron chi connectivity index (χ4n) is 2.74. The zero-order valence-corrected chi connectivity index (χ0v) is 16.9. The molecule has 146 valence electrons. The number of nitrogens with zero attached hydrogens (tertiary/aromatic N) is 2. The molecule has 9 heteroatoms. The van der Waals surface area contributed by atoms with Crippen molar-refractivity contribution in [1.29, 1.82) is 0 Å². The van der Waals surface area contributed by atoms with Crippen LogP contribution in [0.25, 0.3) is 11.4 Å². The Morgan fingerprint density at radius 1 is 1.14 bits per heavy atom. The minimum absolute atomic E-state index is 0.00698. The number of imidazole rings is 1. The van der Waals surface area contributed by atoms with Crippen LogP contribution in [0.3, 0.4) is 0 Å². The molecule has 0 bridgehead atoms. The maximum atomic E-state index is 12.7. The van der Waals surface area contributed by atoms with E-state index in [1.54, 1.807) is 54.1 Å². The van der Waals surface area contributed by atoms with Gasteiger partial charge in [-0.25, -0.2) is 18.1 Å². The first-order valence-electron chi connectivity index (χ1n) is 8.51. The molecule has 0 atom stereocenters. The van der Waals surface area contributed by atoms with Crippen LogP contribution in [0, 0.1) is 0 Å². The van der Waals surface area contributed by atoms with E-state index >= 15 is 0 Å². The van der Waals surface area contributed by atoms with Gasteiger partial charge >= 0.3 is 0 Å². The topological polar surface area (TPSA) is 93.1 Å². The normalized spacial score (nSPS) is 11.2. The summed E-state index contributed by atoms with van der Waals surface area (Å²) in [7, 11) is -2.37. The monoisotopic (exact) mass is 418 g/mol. The molecule has 0 aliphatic rings. The molecule has 28 heavy (non-hydrogen) atoms. The molecule has 0 radical (unpaired) electrons. The van der Waals surface area contributed by atoms with Gasteiger partial charge in [-0.3, -0.25) is 4.79 Å². The highest BCUT2D eigenvalue weighted by molar-refractivity contribution is 7.90. The first-order valence-corrected chi connectivity index (χ1v) is 10.4. The molecule has 0 saturated carbocycles. The van der Waals surface area contributed by atoms with Gasteiger partial charge in [0.25, 0.3) is 15.9 Å². The molecule has 0 fully saturated rings. The molecular weight excluding hydrogens is 400 g/mol. The summed E-state index contributed by atoms with van der Waals surface area (Å²) >= 11 is 6.20. The smallest absolute Gasteiger partial charge is 0.285 e. The lowest BCUT2D eigenvalue weighted by Crippen LogP contribution is -2.31. The lowest BCUT2D eigenvalue weighted by molar-refractivity contribution is 0.0977. The van der Waals surface area contributed by atoms with Crippen molar-refractivity contribution in [2.45, 2.75) is 11.8 Å². The van der Waals surface area contributed by atoms with Crippen LogP contribution in [-0.4, -0.2) is 30.4 Å². The van der Waals surface area contributed by atoms with E-state index < -0.39 is 15.9 Å². The number of aryl methyl sites for hydroxylation is 1. The predicted octanol–water partition coefficient (Wildman–Crippen LogP) is 3.29. The highest BCUT2D eigenvalue weighted by atomic mass is 35.5. The molecule has 2 N–H and O–H groups in total. The fraction of sp³-hybridized carbons (Fsp3) is 0.158. The molecule has 1 amide bonds. The molecule has 3 aromatic rings. The standard InChI is InChI=1S/C19H19ClN4O3S/c1-3-21-15-10-6-7-11-17(15)28(26,27)23-19(25)16-12-24(2)18(22-16)13-8-4-5-9-14(13)20/h4-12,21H,3H2,1-2H3,(H,23,25). The van der Waals surface area contributed by atoms with Crippen LogP contribution in [0.1, 0.15) is 17.4 Å². The van der Waals surface area contributed by atoms with Gasteiger partial charge in [-0.15, -0.1) is 0 Å². The Morgan fingerprint density at radius 2 is 1.82 bits per heavy atom. The summed E-state index contributed by atoms with van der Waals surface area (Å²) in [5.41, 5.74) is 1.04. The first kappa shape index (κ1) is 19.9. The van der Waals surface area contributed by atoms with Crippen LogP contribution in [0.4, 0.5) is 5.69 Å². The molecule has 1 aromatic heterocycles. The number of hydrogen-bond donors (Lipinski definition) is 2. The van der Waals surface area contributed by atoms with Crippen molar-refractivity contribution in [2.75, 3.05) is 11.9 Å². The third kappa shape index (κ3) is 4.02. The van der Waals surface area contributed by atoms with Gasteiger partial charge in [0.2, 0.25) is 0 Å². The number of aromatic nitrogens is 2. The van der Waals surface area contributed by atoms with Crippen molar-refractivity contribution in [2.24, 2.45) is 7.05 Å². The molecule has 0 spiro atoms. The Morgan fingerprint density at radius 3 is 2.54 bits per heavy atom. The van der Waals surface area contributed by atoms with Gasteiger partial charge in [-0.05, 0) is 31.2 Å². The van der Waals surface area contributed by atoms with E-state index in [0.717, 1.165) is 0 Å². The molecule has 0 aliphatic heterocycles. The average Bonchev–Trinajstić information content (AvgIpc) is 3.04. The number of rotatable bonds is 6. The van der Waals surface area contributed by atoms with Crippen molar-refractivity contribution in [3.05, 3.63) is 65.4 Å². The van der Waals surface area contributed by atoms with Crippen molar-refractivity contribution in [3.8, 4) is 11.4 Å². The number of para-hydroxylation sites is 1. The molecular formula is C19H19ClN4O3S. The SMILES string of the molecule is CCNc1ccccc1S(=O)(=O)NC(=O)c1cn(C)c(-c2ccccc2Cl)n1. The largest absolute Gasteiger partial charge is 0.384 e. The van der Waals surface area contributed by atoms with Gasteiger partial charge in [-0.2, -0.15) is 0 Å². The van der Waals surface area contributed by atoms with E-state index in [0.29, 0.717) is 28.6 Å². The van der Waals surface area contributed by atoms with E-state index in [9.17, 15) is 13.2 Å². The third-order valence-electron chi connectivity index (χ3n) is 3.99. The number of halogens is 1. The summed E-state index contributed by atoms with van der Waals surface area (Å²) in [6.07, 6.45) is 1.46. The van der Waals surface area contributed by atoms with E-state index in [2.05, 4.69) is 15.0 Å². The Labute approximate surface area is 168 Å². The number of hydrogen-bond acceptors (Lipinski definition) is 5. The van der Waals surface area contributed by atoms with E-state index in [4.69, 9.17) is 11.6 Å². The quantitative estimate of drug-likeness (QED) is 0.640. The van der Waals surface area contributed by atoms with E-state index in [-0.39, 0.29) is 10.6 Å². The molecule has 1 heterocycles. The van der Waals surface area contributed by atoms with Crippen LogP contribution in [0.5, 0.6) is 0 Å². The molecule has 0 unspecified atom stereocenters. The van der Waals surface area contributed by atoms with E-state index in [1.165, 1.54) is 12.3 Å². The second kappa shape index (κ2) is 8.04. The molecule has 2 aromatic carbocycles. The van der Waals surface area contributed by atoms with Gasteiger partial charge in [0, 0.05) is 25.4 Å². The number of benzene rings is 2. The minimum Gasteiger partial charge on any atom is -0.384 e. The van der Waals surface area contributed by atoms with E-state index in [1.807, 2.05) is 6.92 Å². The zero-order valence-electron chi connectivity index (χ0n) is 15.3. The highest BCUT2D eigenvalue weighted by Gasteiger charge is 2.24. The summed E-state index contributed by atoms with van der Waals surface area (Å²) in [5.74, 6) is -0.360. The van der Waals surface area contributed by atoms with Crippen LogP contribution >= 0.6 is 11.6 Å². The Hall–Kier alpha value is -2.84. The van der Waals surface area contributed by atoms with Crippen LogP contribution in [0.2, 0.25) is 5.02 Å². The number of nitrogens with one attached hydrogen (secondary N) is 2. The van der Waals surface area contributed by atoms with Crippen LogP contribution < -0.4 is 10.0 Å². The van der Waals surface area contributed by atoms with Gasteiger partial charge in [0.1, 0.15) is 16.4 Å². The zero-order chi connectivity index (χ0) is 20.3. The number of carbonyl (C=O) groups is 1. The summed E-state index contributed by atoms with van der Waals surface area (Å²) in [4.78, 5) is 16.8. The number of anilines is 1. The van der Waals surface area contributed by atoms with Crippen molar-refractivity contribution >= 4 is 33.2 Å². The fourth-order valence-corrected chi connectivity index (χ4v) is 4.10. The van der Waals surface area contributed by atoms with Gasteiger partial charge in [0.05, 0.1) is 10.7 Å². The van der Waals surface area contributed by atoms with Crippen molar-refractivity contribution < 1.29 is 13.2 Å². The number of amides is 1. The highest BCUT2D eigenvalue weighted by Crippen LogP contribution is 2.26. The maximum absolute atomic E-state index is 12.7. The number of carbonyl (C=O) groups excluding carboxylic acids is 1. The van der Waals surface area contributed by atoms with Crippen molar-refractivity contribution in [1.82, 2.24) is 14.3 Å². The maximum Gasteiger partial charge on any atom is 0.285 e. The lowest BCUT2D eigenvalue weighted by atomic mass is 10.2. The van der Waals surface area contributed by atoms with Crippen LogP contribution in [-0.2, 0) is 17.1 Å². The Balaban J connectivity index is 1.90. The summed E-state index contributed by atoms with van der Waals surface area (Å²) in [6.45, 7) is 2.40. The Kier molecular flexibility index (Phi) is 5.71. The Bertz CT molecular complexity index is 1130. The molecule has 7 nitrogen and oxygen atoms in total. The van der Waals surface area contributed by atoms with Gasteiger partial charge in [-0.1, -0.05) is 35.9 Å². The lowest BCUT2D eigenvalue weighted by Gasteiger charge is -2.11. The molecule has 0 aliphatic carbocycles. The van der Waals surface area contributed by atoms with Gasteiger partial charge in [0.15, 0.2) is 0 Å².